The Balaban J connectivity index is 1.23. The standard InChI is InChI=1S/C50H55O12P/c1-3-5-30-57-63(53,58-31-6-4-2)62-49-47(60-48(51)38-24-14-9-15-25-38)46(55-33-37-22-12-8-13-23-37)45(44(59-49)35-54-32-36-20-10-7-11-21-36)61-50(52)56-34-43-41-28-18-16-26-39(41)40-27-17-19-29-42(40)43/h7-29,43-47,49H,3-6,30-35H2,1-2H3/t44-,45-,46+,47-,49+/m1/s1/i35+1,44+1,45+1,46+1,47+1,49+1. The van der Waals surface area contributed by atoms with Crippen LogP contribution in [0.3, 0.4) is 0 Å². The Morgan fingerprint density at radius 1 is 0.603 bits per heavy atom. The van der Waals surface area contributed by atoms with Crippen LogP contribution in [0.4, 0.5) is 4.79 Å². The van der Waals surface area contributed by atoms with Crippen molar-refractivity contribution in [3.63, 3.8) is 0 Å². The minimum Gasteiger partial charge on any atom is -0.450 e. The molecule has 1 aliphatic heterocycles. The molecule has 7 rings (SSSR count). The molecular formula is C50H55O12P. The number of ether oxygens (including phenoxy) is 6. The van der Waals surface area contributed by atoms with E-state index in [0.717, 1.165) is 46.2 Å². The fourth-order valence-electron chi connectivity index (χ4n) is 7.56. The Labute approximate surface area is 369 Å². The van der Waals surface area contributed by atoms with Gasteiger partial charge in [-0.25, -0.2) is 14.2 Å². The van der Waals surface area contributed by atoms with Crippen LogP contribution in [-0.4, -0.2) is 69.3 Å². The molecule has 332 valence electrons. The number of carbonyl (C=O) groups is 2. The lowest BCUT2D eigenvalue weighted by Gasteiger charge is -2.45. The maximum atomic E-state index is 14.5. The van der Waals surface area contributed by atoms with Crippen molar-refractivity contribution in [1.82, 2.24) is 0 Å². The molecule has 0 aromatic heterocycles. The first-order valence-electron chi connectivity index (χ1n) is 21.6. The van der Waals surface area contributed by atoms with Crippen molar-refractivity contribution in [1.29, 1.82) is 0 Å². The molecule has 0 saturated carbocycles. The summed E-state index contributed by atoms with van der Waals surface area (Å²) in [4.78, 5) is 28.1. The van der Waals surface area contributed by atoms with E-state index in [-0.39, 0.29) is 51.1 Å². The van der Waals surface area contributed by atoms with E-state index in [2.05, 4.69) is 12.1 Å². The molecule has 0 radical (unpaired) electrons. The van der Waals surface area contributed by atoms with Gasteiger partial charge in [-0.05, 0) is 58.4 Å². The molecule has 5 aromatic rings. The zero-order valence-electron chi connectivity index (χ0n) is 35.7. The molecule has 2 aliphatic rings. The average Bonchev–Trinajstić information content (AvgIpc) is 3.63. The fourth-order valence-corrected chi connectivity index (χ4v) is 8.88. The lowest BCUT2D eigenvalue weighted by molar-refractivity contribution is -0.293. The molecule has 0 spiro atoms. The molecule has 0 amide bonds. The van der Waals surface area contributed by atoms with Crippen molar-refractivity contribution in [2.45, 2.75) is 89.4 Å². The van der Waals surface area contributed by atoms with Crippen LogP contribution in [0.25, 0.3) is 11.1 Å². The smallest absolute Gasteiger partial charge is 0.450 e. The lowest BCUT2D eigenvalue weighted by atomic mass is 9.98. The third-order valence-corrected chi connectivity index (χ3v) is 12.3. The van der Waals surface area contributed by atoms with E-state index in [9.17, 15) is 14.2 Å². The molecule has 0 N–H and O–H groups in total. The molecule has 1 saturated heterocycles. The highest BCUT2D eigenvalue weighted by Gasteiger charge is 2.54. The molecule has 1 aliphatic carbocycles. The van der Waals surface area contributed by atoms with Crippen LogP contribution in [-0.2, 0) is 59.8 Å². The van der Waals surface area contributed by atoms with Crippen molar-refractivity contribution in [2.24, 2.45) is 0 Å². The Bertz CT molecular complexity index is 2180. The van der Waals surface area contributed by atoms with E-state index in [1.54, 1.807) is 30.3 Å². The fraction of sp³-hybridized carbons (Fsp3) is 0.360. The molecule has 13 heteroatoms. The molecule has 5 atom stereocenters. The monoisotopic (exact) mass is 884 g/mol. The van der Waals surface area contributed by atoms with Gasteiger partial charge in [0.25, 0.3) is 0 Å². The zero-order chi connectivity index (χ0) is 43.9. The first-order chi connectivity index (χ1) is 30.9. The summed E-state index contributed by atoms with van der Waals surface area (Å²) in [7, 11) is -4.37. The molecule has 0 bridgehead atoms. The van der Waals surface area contributed by atoms with Crippen LogP contribution >= 0.6 is 7.82 Å². The van der Waals surface area contributed by atoms with Crippen molar-refractivity contribution < 1.29 is 56.1 Å². The van der Waals surface area contributed by atoms with Crippen LogP contribution in [0.5, 0.6) is 0 Å². The number of fused-ring (bicyclic) bond motifs is 3. The quantitative estimate of drug-likeness (QED) is 0.0283. The summed E-state index contributed by atoms with van der Waals surface area (Å²) >= 11 is 0. The van der Waals surface area contributed by atoms with Crippen LogP contribution < -0.4 is 0 Å². The van der Waals surface area contributed by atoms with Gasteiger partial charge >= 0.3 is 19.9 Å². The van der Waals surface area contributed by atoms with Gasteiger partial charge in [-0.3, -0.25) is 13.6 Å². The molecule has 1 heterocycles. The molecule has 12 nitrogen and oxygen atoms in total. The van der Waals surface area contributed by atoms with Gasteiger partial charge < -0.3 is 28.4 Å². The summed E-state index contributed by atoms with van der Waals surface area (Å²) in [6.45, 7) is 4.11. The normalized spacial score (nSPS) is 19.5. The molecule has 1 fully saturated rings. The van der Waals surface area contributed by atoms with E-state index in [0.29, 0.717) is 12.8 Å². The highest BCUT2D eigenvalue weighted by Crippen LogP contribution is 2.53. The number of phosphoric ester groups is 1. The number of hydrogen-bond acceptors (Lipinski definition) is 12. The third-order valence-electron chi connectivity index (χ3n) is 10.8. The Kier molecular flexibility index (Phi) is 16.7. The van der Waals surface area contributed by atoms with Crippen molar-refractivity contribution in [2.75, 3.05) is 26.4 Å². The second kappa shape index (κ2) is 23.0. The second-order valence-electron chi connectivity index (χ2n) is 15.3. The van der Waals surface area contributed by atoms with Gasteiger partial charge in [-0.2, -0.15) is 0 Å². The minimum atomic E-state index is -4.37. The summed E-state index contributed by atoms with van der Waals surface area (Å²) in [5.74, 6) is -0.993. The summed E-state index contributed by atoms with van der Waals surface area (Å²) in [6, 6.07) is 43.3. The SMILES string of the molecule is CCCCOP(=O)(OCCCC)O[13C@@H]1O[13C@H]([13CH2]OCc2ccccc2)[13C@@H](OC(=O)OCC2c3ccccc3-c3ccccc32)[13C@H](OCc2ccccc2)[13C@H]1OC(=O)c1ccccc1. The van der Waals surface area contributed by atoms with E-state index >= 15 is 0 Å². The number of esters is 1. The predicted octanol–water partition coefficient (Wildman–Crippen LogP) is 10.8. The number of carbonyl (C=O) groups excluding carboxylic acids is 2. The highest BCUT2D eigenvalue weighted by molar-refractivity contribution is 7.48. The van der Waals surface area contributed by atoms with Crippen molar-refractivity contribution in [3.8, 4) is 11.1 Å². The highest BCUT2D eigenvalue weighted by atomic mass is 31.2. The first kappa shape index (κ1) is 45.8. The van der Waals surface area contributed by atoms with Gasteiger partial charge in [0.15, 0.2) is 12.2 Å². The summed E-state index contributed by atoms with van der Waals surface area (Å²) in [5.41, 5.74) is 6.10. The largest absolute Gasteiger partial charge is 0.508 e. The Morgan fingerprint density at radius 2 is 1.14 bits per heavy atom. The topological polar surface area (TPSA) is 134 Å². The number of phosphoric acid groups is 1. The third kappa shape index (κ3) is 12.3. The van der Waals surface area contributed by atoms with E-state index in [1.807, 2.05) is 111 Å². The summed E-state index contributed by atoms with van der Waals surface area (Å²) in [6.07, 6.45) is -5.15. The molecular weight excluding hydrogens is 829 g/mol. The molecule has 5 aromatic carbocycles. The number of unbranched alkanes of at least 4 members (excludes halogenated alkanes) is 2. The van der Waals surface area contributed by atoms with Crippen LogP contribution in [0.2, 0.25) is 0 Å². The van der Waals surface area contributed by atoms with Gasteiger partial charge in [0.2, 0.25) is 6.29 Å². The van der Waals surface area contributed by atoms with Gasteiger partial charge in [0, 0.05) is 5.92 Å². The van der Waals surface area contributed by atoms with Crippen LogP contribution in [0, 0.1) is 0 Å². The van der Waals surface area contributed by atoms with Gasteiger partial charge in [0.1, 0.15) is 18.8 Å². The minimum absolute atomic E-state index is 0.00256. The second-order valence-corrected chi connectivity index (χ2v) is 17.0. The van der Waals surface area contributed by atoms with Crippen LogP contribution in [0.1, 0.15) is 78.1 Å². The van der Waals surface area contributed by atoms with Crippen molar-refractivity contribution in [3.05, 3.63) is 167 Å². The number of rotatable bonds is 22. The lowest BCUT2D eigenvalue weighted by Crippen LogP contribution is -2.62. The molecule has 0 unspecified atom stereocenters. The number of hydrogen-bond donors (Lipinski definition) is 0. The summed E-state index contributed by atoms with van der Waals surface area (Å²) < 4.78 is 70.2. The van der Waals surface area contributed by atoms with Gasteiger partial charge in [0.05, 0.1) is 38.6 Å². The van der Waals surface area contributed by atoms with Crippen LogP contribution in [0.15, 0.2) is 140 Å². The predicted molar refractivity (Wildman–Crippen MR) is 236 cm³/mol. The Morgan fingerprint density at radius 3 is 1.73 bits per heavy atom. The summed E-state index contributed by atoms with van der Waals surface area (Å²) in [5, 5.41) is 0. The first-order valence-corrected chi connectivity index (χ1v) is 23.1. The van der Waals surface area contributed by atoms with Gasteiger partial charge in [-0.15, -0.1) is 0 Å². The van der Waals surface area contributed by atoms with E-state index < -0.39 is 50.7 Å². The Hall–Kier alpha value is -5.17. The van der Waals surface area contributed by atoms with Gasteiger partial charge in [-0.1, -0.05) is 154 Å². The van der Waals surface area contributed by atoms with E-state index in [4.69, 9.17) is 42.0 Å². The number of benzene rings is 5. The zero-order valence-corrected chi connectivity index (χ0v) is 36.6. The van der Waals surface area contributed by atoms with Crippen molar-refractivity contribution >= 4 is 19.9 Å². The maximum Gasteiger partial charge on any atom is 0.508 e. The maximum absolute atomic E-state index is 14.5. The van der Waals surface area contributed by atoms with E-state index in [1.165, 1.54) is 0 Å². The average molecular weight is 885 g/mol. The molecule has 63 heavy (non-hydrogen) atoms.